The fourth-order valence-electron chi connectivity index (χ4n) is 2.16. The quantitative estimate of drug-likeness (QED) is 0.731. The van der Waals surface area contributed by atoms with Crippen molar-refractivity contribution < 1.29 is 8.42 Å². The molecule has 0 spiro atoms. The summed E-state index contributed by atoms with van der Waals surface area (Å²) in [5, 5.41) is 0. The van der Waals surface area contributed by atoms with Crippen LogP contribution in [-0.4, -0.2) is 21.2 Å². The zero-order chi connectivity index (χ0) is 11.2. The summed E-state index contributed by atoms with van der Waals surface area (Å²) >= 11 is 0. The Bertz CT molecular complexity index is 493. The Balaban J connectivity index is 2.64. The minimum absolute atomic E-state index is 0.287. The highest BCUT2D eigenvalue weighted by molar-refractivity contribution is 7.92. The second kappa shape index (κ2) is 3.23. The molecule has 0 saturated heterocycles. The Morgan fingerprint density at radius 2 is 2.07 bits per heavy atom. The minimum Gasteiger partial charge on any atom is -0.269 e. The molecule has 2 rings (SSSR count). The molecule has 1 unspecified atom stereocenters. The van der Waals surface area contributed by atoms with E-state index in [0.29, 0.717) is 6.54 Å². The fourth-order valence-corrected chi connectivity index (χ4v) is 3.24. The summed E-state index contributed by atoms with van der Waals surface area (Å²) in [6.45, 7) is 4.58. The van der Waals surface area contributed by atoms with Gasteiger partial charge in [-0.15, -0.1) is 0 Å². The van der Waals surface area contributed by atoms with Crippen LogP contribution < -0.4 is 4.31 Å². The Morgan fingerprint density at radius 3 is 2.67 bits per heavy atom. The Labute approximate surface area is 90.8 Å². The minimum atomic E-state index is -3.14. The number of nitrogens with zero attached hydrogens (tertiary/aromatic N) is 1. The van der Waals surface area contributed by atoms with Crippen LogP contribution in [0, 0.1) is 6.92 Å². The van der Waals surface area contributed by atoms with Gasteiger partial charge >= 0.3 is 0 Å². The van der Waals surface area contributed by atoms with E-state index in [9.17, 15) is 8.42 Å². The first-order valence-corrected chi connectivity index (χ1v) is 6.83. The van der Waals surface area contributed by atoms with Crippen molar-refractivity contribution in [3.8, 4) is 0 Å². The molecule has 0 aromatic heterocycles. The van der Waals surface area contributed by atoms with Crippen molar-refractivity contribution in [2.75, 3.05) is 17.1 Å². The van der Waals surface area contributed by atoms with Crippen LogP contribution in [0.1, 0.15) is 24.0 Å². The summed E-state index contributed by atoms with van der Waals surface area (Å²) in [7, 11) is -3.14. The second-order valence-corrected chi connectivity index (χ2v) is 6.11. The lowest BCUT2D eigenvalue weighted by molar-refractivity contribution is 0.596. The topological polar surface area (TPSA) is 37.4 Å². The Hall–Kier alpha value is -1.03. The zero-order valence-electron chi connectivity index (χ0n) is 9.19. The van der Waals surface area contributed by atoms with E-state index in [0.717, 1.165) is 16.8 Å². The van der Waals surface area contributed by atoms with Gasteiger partial charge in [-0.05, 0) is 18.1 Å². The smallest absolute Gasteiger partial charge is 0.232 e. The van der Waals surface area contributed by atoms with Crippen LogP contribution in [0.25, 0.3) is 0 Å². The standard InChI is InChI=1S/C11H15NO2S/c1-8-5-4-6-10-9(2)7-12(11(8)10)15(3,13)14/h4-6,9H,7H2,1-3H3. The highest BCUT2D eigenvalue weighted by atomic mass is 32.2. The van der Waals surface area contributed by atoms with E-state index in [1.54, 1.807) is 0 Å². The summed E-state index contributed by atoms with van der Waals surface area (Å²) in [5.74, 6) is 0.287. The average molecular weight is 225 g/mol. The van der Waals surface area contributed by atoms with Crippen LogP contribution >= 0.6 is 0 Å². The molecule has 0 saturated carbocycles. The molecule has 1 heterocycles. The molecule has 1 aliphatic heterocycles. The van der Waals surface area contributed by atoms with Crippen molar-refractivity contribution in [2.45, 2.75) is 19.8 Å². The summed E-state index contributed by atoms with van der Waals surface area (Å²) in [5.41, 5.74) is 3.05. The highest BCUT2D eigenvalue weighted by Crippen LogP contribution is 2.39. The van der Waals surface area contributed by atoms with Crippen molar-refractivity contribution in [1.82, 2.24) is 0 Å². The Morgan fingerprint density at radius 1 is 1.40 bits per heavy atom. The lowest BCUT2D eigenvalue weighted by atomic mass is 10.0. The first kappa shape index (κ1) is 10.5. The molecule has 0 aliphatic carbocycles. The normalized spacial score (nSPS) is 20.5. The van der Waals surface area contributed by atoms with Crippen LogP contribution in [0.2, 0.25) is 0 Å². The second-order valence-electron chi connectivity index (χ2n) is 4.21. The third-order valence-corrected chi connectivity index (χ3v) is 4.02. The number of sulfonamides is 1. The van der Waals surface area contributed by atoms with Crippen molar-refractivity contribution in [1.29, 1.82) is 0 Å². The molecule has 15 heavy (non-hydrogen) atoms. The number of fused-ring (bicyclic) bond motifs is 1. The van der Waals surface area contributed by atoms with E-state index in [-0.39, 0.29) is 5.92 Å². The number of aryl methyl sites for hydroxylation is 1. The number of rotatable bonds is 1. The highest BCUT2D eigenvalue weighted by Gasteiger charge is 2.31. The van der Waals surface area contributed by atoms with Gasteiger partial charge in [0, 0.05) is 12.5 Å². The monoisotopic (exact) mass is 225 g/mol. The van der Waals surface area contributed by atoms with Crippen molar-refractivity contribution in [2.24, 2.45) is 0 Å². The molecular weight excluding hydrogens is 210 g/mol. The molecule has 1 aliphatic rings. The average Bonchev–Trinajstić information content (AvgIpc) is 2.45. The number of anilines is 1. The van der Waals surface area contributed by atoms with Gasteiger partial charge in [-0.1, -0.05) is 25.1 Å². The molecule has 0 N–H and O–H groups in total. The van der Waals surface area contributed by atoms with Gasteiger partial charge in [0.1, 0.15) is 0 Å². The van der Waals surface area contributed by atoms with E-state index in [2.05, 4.69) is 6.92 Å². The van der Waals surface area contributed by atoms with Crippen LogP contribution in [0.3, 0.4) is 0 Å². The van der Waals surface area contributed by atoms with E-state index in [4.69, 9.17) is 0 Å². The molecule has 0 radical (unpaired) electrons. The molecule has 1 aromatic carbocycles. The van der Waals surface area contributed by atoms with Gasteiger partial charge in [0.15, 0.2) is 0 Å². The summed E-state index contributed by atoms with van der Waals surface area (Å²) in [4.78, 5) is 0. The predicted octanol–water partition coefficient (Wildman–Crippen LogP) is 1.88. The number of para-hydroxylation sites is 1. The van der Waals surface area contributed by atoms with E-state index < -0.39 is 10.0 Å². The van der Waals surface area contributed by atoms with Gasteiger partial charge in [0.05, 0.1) is 11.9 Å². The first-order valence-electron chi connectivity index (χ1n) is 4.98. The molecule has 82 valence electrons. The maximum absolute atomic E-state index is 11.6. The summed E-state index contributed by atoms with van der Waals surface area (Å²) < 4.78 is 24.8. The lowest BCUT2D eigenvalue weighted by Gasteiger charge is -2.18. The molecule has 0 bridgehead atoms. The largest absolute Gasteiger partial charge is 0.269 e. The van der Waals surface area contributed by atoms with Crippen molar-refractivity contribution in [3.63, 3.8) is 0 Å². The first-order chi connectivity index (χ1) is 6.91. The zero-order valence-corrected chi connectivity index (χ0v) is 10.0. The lowest BCUT2D eigenvalue weighted by Crippen LogP contribution is -2.28. The predicted molar refractivity (Wildman–Crippen MR) is 61.8 cm³/mol. The molecule has 3 nitrogen and oxygen atoms in total. The van der Waals surface area contributed by atoms with Gasteiger partial charge in [-0.3, -0.25) is 4.31 Å². The molecule has 1 aromatic rings. The molecular formula is C11H15NO2S. The number of hydrogen-bond acceptors (Lipinski definition) is 2. The van der Waals surface area contributed by atoms with Gasteiger partial charge in [-0.25, -0.2) is 8.42 Å². The third kappa shape index (κ3) is 1.63. The maximum atomic E-state index is 11.6. The third-order valence-electron chi connectivity index (χ3n) is 2.89. The van der Waals surface area contributed by atoms with Gasteiger partial charge in [-0.2, -0.15) is 0 Å². The van der Waals surface area contributed by atoms with E-state index in [1.165, 1.54) is 10.6 Å². The van der Waals surface area contributed by atoms with Crippen LogP contribution in [0.5, 0.6) is 0 Å². The van der Waals surface area contributed by atoms with E-state index in [1.807, 2.05) is 25.1 Å². The van der Waals surface area contributed by atoms with Crippen molar-refractivity contribution in [3.05, 3.63) is 29.3 Å². The van der Waals surface area contributed by atoms with Gasteiger partial charge in [0.25, 0.3) is 0 Å². The SMILES string of the molecule is Cc1cccc2c1N(S(C)(=O)=O)CC2C. The van der Waals surface area contributed by atoms with Crippen molar-refractivity contribution >= 4 is 15.7 Å². The van der Waals surface area contributed by atoms with Crippen LogP contribution in [0.15, 0.2) is 18.2 Å². The summed E-state index contributed by atoms with van der Waals surface area (Å²) in [6.07, 6.45) is 1.27. The number of benzene rings is 1. The fraction of sp³-hybridized carbons (Fsp3) is 0.455. The molecule has 1 atom stereocenters. The van der Waals surface area contributed by atoms with E-state index >= 15 is 0 Å². The van der Waals surface area contributed by atoms with Crippen LogP contribution in [-0.2, 0) is 10.0 Å². The molecule has 0 amide bonds. The van der Waals surface area contributed by atoms with Gasteiger partial charge in [0.2, 0.25) is 10.0 Å². The molecule has 4 heteroatoms. The number of hydrogen-bond donors (Lipinski definition) is 0. The Kier molecular flexibility index (Phi) is 2.26. The van der Waals surface area contributed by atoms with Crippen LogP contribution in [0.4, 0.5) is 5.69 Å². The maximum Gasteiger partial charge on any atom is 0.232 e. The molecule has 0 fully saturated rings. The summed E-state index contributed by atoms with van der Waals surface area (Å²) in [6, 6.07) is 5.95. The van der Waals surface area contributed by atoms with Gasteiger partial charge < -0.3 is 0 Å².